The molecular formula is C29H30Br2O5S2. The molecule has 0 radical (unpaired) electrons. The molecule has 202 valence electrons. The zero-order chi connectivity index (χ0) is 26.7. The van der Waals surface area contributed by atoms with Crippen molar-refractivity contribution in [2.75, 3.05) is 33.2 Å². The van der Waals surface area contributed by atoms with Crippen molar-refractivity contribution in [3.63, 3.8) is 0 Å². The number of rotatable bonds is 15. The van der Waals surface area contributed by atoms with E-state index in [0.29, 0.717) is 26.4 Å². The number of halogens is 2. The van der Waals surface area contributed by atoms with E-state index in [1.54, 1.807) is 22.7 Å². The highest BCUT2D eigenvalue weighted by molar-refractivity contribution is 9.11. The average molecular weight is 682 g/mol. The Morgan fingerprint density at radius 1 is 0.605 bits per heavy atom. The van der Waals surface area contributed by atoms with Gasteiger partial charge in [-0.25, -0.2) is 0 Å². The van der Waals surface area contributed by atoms with Gasteiger partial charge in [-0.05, 0) is 70.7 Å². The van der Waals surface area contributed by atoms with Gasteiger partial charge < -0.3 is 23.7 Å². The van der Waals surface area contributed by atoms with Gasteiger partial charge in [0.05, 0.1) is 19.8 Å². The Morgan fingerprint density at radius 3 is 1.61 bits per heavy atom. The van der Waals surface area contributed by atoms with Crippen LogP contribution in [0.25, 0.3) is 22.3 Å². The lowest BCUT2D eigenvalue weighted by Gasteiger charge is -2.14. The molecule has 0 saturated carbocycles. The van der Waals surface area contributed by atoms with Crippen LogP contribution in [0.5, 0.6) is 23.0 Å². The van der Waals surface area contributed by atoms with Gasteiger partial charge in [-0.15, -0.1) is 22.7 Å². The van der Waals surface area contributed by atoms with Gasteiger partial charge in [0.2, 0.25) is 0 Å². The minimum Gasteiger partial charge on any atom is -0.493 e. The molecule has 0 N–H and O–H groups in total. The molecule has 4 aromatic rings. The third-order valence-corrected chi connectivity index (χ3v) is 8.93. The van der Waals surface area contributed by atoms with Crippen LogP contribution < -0.4 is 18.9 Å². The second-order valence-electron chi connectivity index (χ2n) is 8.09. The lowest BCUT2D eigenvalue weighted by molar-refractivity contribution is 0.0226. The smallest absolute Gasteiger partial charge is 0.189 e. The number of unbranched alkanes of at least 4 members (excludes halogenated alkanes) is 1. The Hall–Kier alpha value is -2.04. The highest BCUT2D eigenvalue weighted by Crippen LogP contribution is 2.46. The van der Waals surface area contributed by atoms with Crippen molar-refractivity contribution in [2.45, 2.75) is 26.7 Å². The topological polar surface area (TPSA) is 46.2 Å². The Morgan fingerprint density at radius 2 is 1.11 bits per heavy atom. The van der Waals surface area contributed by atoms with Crippen molar-refractivity contribution >= 4 is 54.5 Å². The first kappa shape index (κ1) is 29.0. The van der Waals surface area contributed by atoms with Crippen LogP contribution in [0.15, 0.2) is 66.9 Å². The first-order valence-corrected chi connectivity index (χ1v) is 15.8. The third-order valence-electron chi connectivity index (χ3n) is 5.59. The summed E-state index contributed by atoms with van der Waals surface area (Å²) < 4.78 is 31.4. The summed E-state index contributed by atoms with van der Waals surface area (Å²) in [5.41, 5.74) is 4.07. The van der Waals surface area contributed by atoms with E-state index in [1.807, 2.05) is 50.2 Å². The maximum absolute atomic E-state index is 6.20. The molecule has 0 amide bonds. The van der Waals surface area contributed by atoms with Crippen LogP contribution in [0.4, 0.5) is 0 Å². The summed E-state index contributed by atoms with van der Waals surface area (Å²) >= 11 is 10.4. The largest absolute Gasteiger partial charge is 0.493 e. The van der Waals surface area contributed by atoms with Crippen LogP contribution in [0, 0.1) is 0 Å². The molecule has 0 spiro atoms. The molecule has 38 heavy (non-hydrogen) atoms. The third kappa shape index (κ3) is 7.33. The lowest BCUT2D eigenvalue weighted by atomic mass is 10.1. The number of hydrogen-bond donors (Lipinski definition) is 0. The van der Waals surface area contributed by atoms with Gasteiger partial charge in [-0.1, -0.05) is 36.4 Å². The molecule has 0 aliphatic rings. The Bertz CT molecular complexity index is 1300. The van der Waals surface area contributed by atoms with Crippen molar-refractivity contribution in [1.29, 1.82) is 0 Å². The van der Waals surface area contributed by atoms with Crippen molar-refractivity contribution < 1.29 is 23.7 Å². The lowest BCUT2D eigenvalue weighted by Crippen LogP contribution is -2.04. The summed E-state index contributed by atoms with van der Waals surface area (Å²) in [5.74, 6) is 3.32. The molecule has 9 heteroatoms. The summed E-state index contributed by atoms with van der Waals surface area (Å²) in [4.78, 5) is 0. The van der Waals surface area contributed by atoms with Crippen LogP contribution in [0.2, 0.25) is 0 Å². The molecule has 2 aromatic heterocycles. The fourth-order valence-electron chi connectivity index (χ4n) is 3.81. The number of benzene rings is 2. The van der Waals surface area contributed by atoms with E-state index in [9.17, 15) is 0 Å². The monoisotopic (exact) mass is 680 g/mol. The Labute approximate surface area is 248 Å². The predicted molar refractivity (Wildman–Crippen MR) is 163 cm³/mol. The maximum atomic E-state index is 6.20. The van der Waals surface area contributed by atoms with Gasteiger partial charge in [-0.2, -0.15) is 0 Å². The van der Waals surface area contributed by atoms with Crippen LogP contribution >= 0.6 is 54.5 Å². The number of hydrogen-bond acceptors (Lipinski definition) is 7. The van der Waals surface area contributed by atoms with Crippen LogP contribution in [0.1, 0.15) is 26.7 Å². The van der Waals surface area contributed by atoms with Gasteiger partial charge in [0.1, 0.15) is 19.1 Å². The number of ether oxygens (including phenoxy) is 5. The zero-order valence-electron chi connectivity index (χ0n) is 21.3. The zero-order valence-corrected chi connectivity index (χ0v) is 26.1. The normalized spacial score (nSPS) is 10.9. The molecule has 4 rings (SSSR count). The summed E-state index contributed by atoms with van der Waals surface area (Å²) in [7, 11) is 0. The molecule has 2 aromatic carbocycles. The molecule has 0 aliphatic carbocycles. The standard InChI is InChI=1S/C29H30Br2O5S2/c1-3-32-19-36-27-23(18-38-29(27)31)21-12-6-8-14-25(21)35-16-10-9-15-34-24-13-7-5-11-20(24)22-17-37-28(30)26(22)33-4-2/h5-8,11-14,17-18H,3-4,9-10,15-16,19H2,1-2H3. The second kappa shape index (κ2) is 14.9. The van der Waals surface area contributed by atoms with Crippen LogP contribution in [-0.4, -0.2) is 33.2 Å². The second-order valence-corrected chi connectivity index (χ2v) is 12.5. The summed E-state index contributed by atoms with van der Waals surface area (Å²) in [6, 6.07) is 16.1. The molecule has 0 bridgehead atoms. The van der Waals surface area contributed by atoms with Gasteiger partial charge >= 0.3 is 0 Å². The predicted octanol–water partition coefficient (Wildman–Crippen LogP) is 9.68. The molecule has 0 unspecified atom stereocenters. The van der Waals surface area contributed by atoms with E-state index >= 15 is 0 Å². The SMILES string of the molecule is CCOCOc1c(-c2ccccc2OCCCCOc2ccccc2-c2csc(Br)c2OCC)csc1Br. The summed E-state index contributed by atoms with van der Waals surface area (Å²) in [5, 5.41) is 4.17. The fourth-order valence-corrected chi connectivity index (χ4v) is 6.49. The van der Waals surface area contributed by atoms with Crippen LogP contribution in [-0.2, 0) is 4.74 Å². The van der Waals surface area contributed by atoms with E-state index in [0.717, 1.165) is 65.7 Å². The molecule has 5 nitrogen and oxygen atoms in total. The van der Waals surface area contributed by atoms with Gasteiger partial charge in [-0.3, -0.25) is 0 Å². The molecule has 0 fully saturated rings. The number of para-hydroxylation sites is 2. The van der Waals surface area contributed by atoms with E-state index in [1.165, 1.54) is 0 Å². The molecule has 0 aliphatic heterocycles. The molecule has 0 atom stereocenters. The summed E-state index contributed by atoms with van der Waals surface area (Å²) in [6.45, 7) is 6.55. The Balaban J connectivity index is 1.32. The van der Waals surface area contributed by atoms with Crippen molar-refractivity contribution in [3.8, 4) is 45.3 Å². The number of thiophene rings is 2. The van der Waals surface area contributed by atoms with E-state index in [4.69, 9.17) is 23.7 Å². The highest BCUT2D eigenvalue weighted by atomic mass is 79.9. The van der Waals surface area contributed by atoms with E-state index < -0.39 is 0 Å². The minimum atomic E-state index is 0.210. The maximum Gasteiger partial charge on any atom is 0.189 e. The molecule has 0 saturated heterocycles. The van der Waals surface area contributed by atoms with E-state index in [-0.39, 0.29) is 6.79 Å². The van der Waals surface area contributed by atoms with Gasteiger partial charge in [0.15, 0.2) is 18.3 Å². The molecule has 2 heterocycles. The highest BCUT2D eigenvalue weighted by Gasteiger charge is 2.18. The molecular weight excluding hydrogens is 652 g/mol. The van der Waals surface area contributed by atoms with E-state index in [2.05, 4.69) is 54.8 Å². The Kier molecular flexibility index (Phi) is 11.4. The minimum absolute atomic E-state index is 0.210. The van der Waals surface area contributed by atoms with Gasteiger partial charge in [0, 0.05) is 39.6 Å². The first-order valence-electron chi connectivity index (χ1n) is 12.5. The first-order chi connectivity index (χ1) is 18.6. The van der Waals surface area contributed by atoms with Crippen molar-refractivity contribution in [1.82, 2.24) is 0 Å². The van der Waals surface area contributed by atoms with Gasteiger partial charge in [0.25, 0.3) is 0 Å². The fraction of sp³-hybridized carbons (Fsp3) is 0.310. The van der Waals surface area contributed by atoms with Crippen molar-refractivity contribution in [2.24, 2.45) is 0 Å². The summed E-state index contributed by atoms with van der Waals surface area (Å²) in [6.07, 6.45) is 1.74. The average Bonchev–Trinajstić information content (AvgIpc) is 3.49. The van der Waals surface area contributed by atoms with Crippen LogP contribution in [0.3, 0.4) is 0 Å². The van der Waals surface area contributed by atoms with Crippen molar-refractivity contribution in [3.05, 3.63) is 66.9 Å². The quantitative estimate of drug-likeness (QED) is 0.0924.